The van der Waals surface area contributed by atoms with E-state index in [2.05, 4.69) is 4.98 Å². The molecule has 1 aliphatic carbocycles. The maximum absolute atomic E-state index is 13.3. The van der Waals surface area contributed by atoms with Crippen molar-refractivity contribution in [2.75, 3.05) is 6.61 Å². The highest BCUT2D eigenvalue weighted by Gasteiger charge is 2.35. The van der Waals surface area contributed by atoms with Gasteiger partial charge in [0.1, 0.15) is 11.5 Å². The van der Waals surface area contributed by atoms with Gasteiger partial charge in [0.15, 0.2) is 6.61 Å². The van der Waals surface area contributed by atoms with E-state index in [-0.39, 0.29) is 30.3 Å². The van der Waals surface area contributed by atoms with Crippen LogP contribution in [0.25, 0.3) is 10.9 Å². The van der Waals surface area contributed by atoms with Crippen LogP contribution in [0.2, 0.25) is 0 Å². The predicted molar refractivity (Wildman–Crippen MR) is 153 cm³/mol. The van der Waals surface area contributed by atoms with Crippen molar-refractivity contribution in [3.05, 3.63) is 96.2 Å². The highest BCUT2D eigenvalue weighted by atomic mass is 16.6. The van der Waals surface area contributed by atoms with Gasteiger partial charge in [0.2, 0.25) is 6.10 Å². The van der Waals surface area contributed by atoms with Crippen molar-refractivity contribution in [3.8, 4) is 11.5 Å². The second-order valence-corrected chi connectivity index (χ2v) is 10.2. The normalized spacial score (nSPS) is 14.1. The number of hydrogen-bond acceptors (Lipinski definition) is 8. The van der Waals surface area contributed by atoms with E-state index in [1.54, 1.807) is 54.6 Å². The van der Waals surface area contributed by atoms with E-state index in [4.69, 9.17) is 18.9 Å². The Kier molecular flexibility index (Phi) is 9.28. The van der Waals surface area contributed by atoms with Crippen LogP contribution in [0.3, 0.4) is 0 Å². The maximum atomic E-state index is 13.3. The van der Waals surface area contributed by atoms with Crippen LogP contribution in [0.5, 0.6) is 11.5 Å². The summed E-state index contributed by atoms with van der Waals surface area (Å²) in [5, 5.41) is 0.657. The molecule has 4 aromatic rings. The zero-order valence-corrected chi connectivity index (χ0v) is 23.0. The fraction of sp³-hybridized carbons (Fsp3) is 0.273. The molecule has 0 saturated heterocycles. The zero-order valence-electron chi connectivity index (χ0n) is 23.0. The fourth-order valence-electron chi connectivity index (χ4n) is 5.10. The largest absolute Gasteiger partial charge is 0.482 e. The molecule has 9 heteroatoms. The monoisotopic (exact) mass is 569 g/mol. The van der Waals surface area contributed by atoms with Gasteiger partial charge in [-0.3, -0.25) is 4.79 Å². The van der Waals surface area contributed by atoms with Crippen molar-refractivity contribution in [1.29, 1.82) is 0 Å². The summed E-state index contributed by atoms with van der Waals surface area (Å²) < 4.78 is 21.8. The van der Waals surface area contributed by atoms with E-state index in [0.717, 1.165) is 37.6 Å². The highest BCUT2D eigenvalue weighted by Crippen LogP contribution is 2.29. The molecule has 1 unspecified atom stereocenters. The van der Waals surface area contributed by atoms with Gasteiger partial charge < -0.3 is 23.9 Å². The molecule has 0 aliphatic heterocycles. The van der Waals surface area contributed by atoms with Crippen LogP contribution in [0.15, 0.2) is 85.1 Å². The molecule has 0 spiro atoms. The molecule has 0 radical (unpaired) electrons. The lowest BCUT2D eigenvalue weighted by atomic mass is 9.85. The van der Waals surface area contributed by atoms with Gasteiger partial charge in [-0.1, -0.05) is 67.8 Å². The summed E-state index contributed by atoms with van der Waals surface area (Å²) in [6.07, 6.45) is 4.61. The summed E-state index contributed by atoms with van der Waals surface area (Å²) in [6.45, 7) is -0.338. The Morgan fingerprint density at radius 2 is 1.55 bits per heavy atom. The molecule has 0 amide bonds. The molecular formula is C33H31NO8. The minimum absolute atomic E-state index is 0.166. The number of rotatable bonds is 10. The number of hydrogen-bond donors (Lipinski definition) is 1. The van der Waals surface area contributed by atoms with Crippen LogP contribution < -0.4 is 9.47 Å². The molecule has 0 bridgehead atoms. The van der Waals surface area contributed by atoms with E-state index in [1.807, 2.05) is 18.2 Å². The number of esters is 4. The molecular weight excluding hydrogens is 538 g/mol. The third kappa shape index (κ3) is 7.42. The first-order valence-corrected chi connectivity index (χ1v) is 14.0. The van der Waals surface area contributed by atoms with E-state index < -0.39 is 30.0 Å². The van der Waals surface area contributed by atoms with Gasteiger partial charge >= 0.3 is 23.9 Å². The molecule has 1 atom stereocenters. The molecule has 1 heterocycles. The first-order valence-electron chi connectivity index (χ1n) is 14.0. The number of benzene rings is 3. The number of aromatic nitrogens is 1. The van der Waals surface area contributed by atoms with Gasteiger partial charge in [-0.2, -0.15) is 0 Å². The van der Waals surface area contributed by atoms with Gasteiger partial charge in [0.25, 0.3) is 0 Å². The van der Waals surface area contributed by atoms with Crippen molar-refractivity contribution < 1.29 is 38.1 Å². The van der Waals surface area contributed by atoms with E-state index in [0.29, 0.717) is 16.7 Å². The molecule has 1 saturated carbocycles. The summed E-state index contributed by atoms with van der Waals surface area (Å²) in [4.78, 5) is 54.0. The van der Waals surface area contributed by atoms with Crippen LogP contribution in [0, 0.1) is 5.92 Å². The fourth-order valence-corrected chi connectivity index (χ4v) is 5.10. The Morgan fingerprint density at radius 3 is 2.36 bits per heavy atom. The summed E-state index contributed by atoms with van der Waals surface area (Å²) in [5.41, 5.74) is 1.51. The second kappa shape index (κ2) is 13.6. The molecule has 1 fully saturated rings. The quantitative estimate of drug-likeness (QED) is 0.149. The van der Waals surface area contributed by atoms with E-state index >= 15 is 0 Å². The van der Waals surface area contributed by atoms with Crippen LogP contribution in [-0.4, -0.2) is 41.6 Å². The Hall–Kier alpha value is -4.92. The standard InChI is InChI=1S/C33H31NO8/c35-29(42-32(37)27-20-34-28-17-8-7-16-26(27)28)19-22-10-9-15-25(18-22)40-33(38)31(23-11-3-1-4-12-23)41-30(36)21-39-24-13-5-2-6-14-24/h2,5-10,13-18,20,23,31,34H,1,3-4,11-12,19,21H2. The summed E-state index contributed by atoms with van der Waals surface area (Å²) in [6, 6.07) is 22.5. The van der Waals surface area contributed by atoms with Gasteiger partial charge in [0.05, 0.1) is 12.0 Å². The Labute approximate surface area is 242 Å². The Bertz CT molecular complexity index is 1550. The molecule has 3 aromatic carbocycles. The van der Waals surface area contributed by atoms with Crippen molar-refractivity contribution in [2.45, 2.75) is 44.6 Å². The average molecular weight is 570 g/mol. The summed E-state index contributed by atoms with van der Waals surface area (Å²) in [5.74, 6) is -2.32. The number of carbonyl (C=O) groups is 4. The van der Waals surface area contributed by atoms with Crippen molar-refractivity contribution in [3.63, 3.8) is 0 Å². The molecule has 1 aromatic heterocycles. The predicted octanol–water partition coefficient (Wildman–Crippen LogP) is 5.57. The first-order chi connectivity index (χ1) is 20.5. The minimum atomic E-state index is -1.08. The topological polar surface area (TPSA) is 121 Å². The van der Waals surface area contributed by atoms with Crippen LogP contribution >= 0.6 is 0 Å². The zero-order chi connectivity index (χ0) is 29.3. The molecule has 1 N–H and O–H groups in total. The highest BCUT2D eigenvalue weighted by molar-refractivity contribution is 6.07. The van der Waals surface area contributed by atoms with Crippen LogP contribution in [-0.2, 0) is 30.3 Å². The van der Waals surface area contributed by atoms with Gasteiger partial charge in [-0.25, -0.2) is 14.4 Å². The minimum Gasteiger partial charge on any atom is -0.482 e. The van der Waals surface area contributed by atoms with E-state index in [9.17, 15) is 19.2 Å². The van der Waals surface area contributed by atoms with Gasteiger partial charge in [0, 0.05) is 23.0 Å². The first kappa shape index (κ1) is 28.6. The van der Waals surface area contributed by atoms with Gasteiger partial charge in [-0.05, 0) is 48.7 Å². The SMILES string of the molecule is O=C(Cc1cccc(OC(=O)C(OC(=O)COc2ccccc2)C2CCCCC2)c1)OC(=O)c1c[nH]c2ccccc12. The number of fused-ring (bicyclic) bond motifs is 1. The average Bonchev–Trinajstić information content (AvgIpc) is 3.44. The number of carbonyl (C=O) groups excluding carboxylic acids is 4. The van der Waals surface area contributed by atoms with Crippen molar-refractivity contribution in [1.82, 2.24) is 4.98 Å². The smallest absolute Gasteiger partial charge is 0.353 e. The Morgan fingerprint density at radius 1 is 0.810 bits per heavy atom. The van der Waals surface area contributed by atoms with Crippen molar-refractivity contribution >= 4 is 34.8 Å². The number of aromatic amines is 1. The lowest BCUT2D eigenvalue weighted by Gasteiger charge is -2.28. The molecule has 1 aliphatic rings. The third-order valence-corrected chi connectivity index (χ3v) is 7.15. The number of ether oxygens (including phenoxy) is 4. The van der Waals surface area contributed by atoms with Crippen molar-refractivity contribution in [2.24, 2.45) is 5.92 Å². The van der Waals surface area contributed by atoms with E-state index in [1.165, 1.54) is 12.3 Å². The summed E-state index contributed by atoms with van der Waals surface area (Å²) >= 11 is 0. The number of para-hydroxylation sites is 2. The van der Waals surface area contributed by atoms with Crippen LogP contribution in [0.1, 0.15) is 48.0 Å². The maximum Gasteiger partial charge on any atom is 0.353 e. The number of nitrogens with one attached hydrogen (secondary N) is 1. The molecule has 216 valence electrons. The third-order valence-electron chi connectivity index (χ3n) is 7.15. The van der Waals surface area contributed by atoms with Crippen LogP contribution in [0.4, 0.5) is 0 Å². The molecule has 5 rings (SSSR count). The molecule has 42 heavy (non-hydrogen) atoms. The van der Waals surface area contributed by atoms with Gasteiger partial charge in [-0.15, -0.1) is 0 Å². The second-order valence-electron chi connectivity index (χ2n) is 10.2. The number of H-pyrrole nitrogens is 1. The molecule has 9 nitrogen and oxygen atoms in total. The summed E-state index contributed by atoms with van der Waals surface area (Å²) in [7, 11) is 0. The lowest BCUT2D eigenvalue weighted by Crippen LogP contribution is -2.39. The lowest BCUT2D eigenvalue weighted by molar-refractivity contribution is -0.168. The Balaban J connectivity index is 1.20.